The van der Waals surface area contributed by atoms with E-state index in [4.69, 9.17) is 21.1 Å². The Bertz CT molecular complexity index is 2140. The van der Waals surface area contributed by atoms with Crippen LogP contribution in [0.1, 0.15) is 0 Å². The minimum absolute atomic E-state index is 0.296. The van der Waals surface area contributed by atoms with Gasteiger partial charge in [-0.05, 0) is 49.5 Å². The van der Waals surface area contributed by atoms with E-state index in [1.165, 1.54) is 18.7 Å². The summed E-state index contributed by atoms with van der Waals surface area (Å²) in [5.74, 6) is 1.97. The molecule has 1 aliphatic heterocycles. The van der Waals surface area contributed by atoms with Gasteiger partial charge in [-0.1, -0.05) is 18.2 Å². The molecule has 244 valence electrons. The maximum atomic E-state index is 12.4. The van der Waals surface area contributed by atoms with Crippen LogP contribution in [-0.2, 0) is 4.79 Å². The third-order valence-electron chi connectivity index (χ3n) is 7.96. The van der Waals surface area contributed by atoms with Crippen LogP contribution in [0.4, 0.5) is 34.3 Å². The van der Waals surface area contributed by atoms with Crippen molar-refractivity contribution in [3.05, 3.63) is 91.3 Å². The number of halogens is 1. The van der Waals surface area contributed by atoms with Gasteiger partial charge in [-0.15, -0.1) is 0 Å². The number of carbonyl (C=O) groups excluding carboxylic acids is 1. The summed E-state index contributed by atoms with van der Waals surface area (Å²) in [5.41, 5.74) is 5.02. The molecule has 1 aliphatic rings. The molecule has 1 fully saturated rings. The van der Waals surface area contributed by atoms with E-state index in [0.717, 1.165) is 37.6 Å². The number of benzene rings is 2. The minimum Gasteiger partial charge on any atom is -0.494 e. The highest BCUT2D eigenvalue weighted by atomic mass is 35.5. The monoisotopic (exact) mass is 665 g/mol. The van der Waals surface area contributed by atoms with E-state index in [1.54, 1.807) is 46.6 Å². The highest BCUT2D eigenvalue weighted by Gasteiger charge is 2.21. The molecule has 0 radical (unpaired) electrons. The summed E-state index contributed by atoms with van der Waals surface area (Å²) >= 11 is 6.61. The lowest BCUT2D eigenvalue weighted by molar-refractivity contribution is -0.111. The van der Waals surface area contributed by atoms with E-state index < -0.39 is 0 Å². The van der Waals surface area contributed by atoms with Crippen molar-refractivity contribution in [2.45, 2.75) is 0 Å². The van der Waals surface area contributed by atoms with Crippen LogP contribution in [-0.4, -0.2) is 80.3 Å². The zero-order valence-corrected chi connectivity index (χ0v) is 27.0. The van der Waals surface area contributed by atoms with E-state index >= 15 is 0 Å². The number of nitrogens with zero attached hydrogens (tertiary/aromatic N) is 8. The van der Waals surface area contributed by atoms with Crippen LogP contribution in [0.15, 0.2) is 86.2 Å². The van der Waals surface area contributed by atoms with E-state index in [-0.39, 0.29) is 5.91 Å². The molecule has 0 bridgehead atoms. The summed E-state index contributed by atoms with van der Waals surface area (Å²) < 4.78 is 15.2. The SMILES string of the molecule is C=CC(=O)Nc1cc(Nc2cc3c(Nc4ccc(Oc5ccn6ncnc6c5)c(Cl)c4)ncnn3c2)c(OC)cc1N1CCN(C)CC1. The number of nitrogens with one attached hydrogen (secondary N) is 3. The van der Waals surface area contributed by atoms with Crippen molar-refractivity contribution < 1.29 is 14.3 Å². The van der Waals surface area contributed by atoms with E-state index in [0.29, 0.717) is 56.3 Å². The maximum Gasteiger partial charge on any atom is 0.247 e. The topological polar surface area (TPSA) is 138 Å². The van der Waals surface area contributed by atoms with E-state index in [9.17, 15) is 4.79 Å². The van der Waals surface area contributed by atoms with Gasteiger partial charge in [0.15, 0.2) is 11.5 Å². The first kappa shape index (κ1) is 30.8. The lowest BCUT2D eigenvalue weighted by Crippen LogP contribution is -2.44. The summed E-state index contributed by atoms with van der Waals surface area (Å²) in [7, 11) is 3.72. The number of aromatic nitrogens is 6. The van der Waals surface area contributed by atoms with Gasteiger partial charge in [0.25, 0.3) is 0 Å². The van der Waals surface area contributed by atoms with Gasteiger partial charge in [-0.3, -0.25) is 4.79 Å². The van der Waals surface area contributed by atoms with Crippen LogP contribution in [0.3, 0.4) is 0 Å². The molecule has 48 heavy (non-hydrogen) atoms. The van der Waals surface area contributed by atoms with Crippen molar-refractivity contribution >= 4 is 62.9 Å². The second-order valence-electron chi connectivity index (χ2n) is 11.1. The Morgan fingerprint density at radius 2 is 1.73 bits per heavy atom. The van der Waals surface area contributed by atoms with Crippen LogP contribution in [0, 0.1) is 0 Å². The van der Waals surface area contributed by atoms with Gasteiger partial charge >= 0.3 is 0 Å². The second kappa shape index (κ2) is 13.1. The van der Waals surface area contributed by atoms with Crippen LogP contribution in [0.2, 0.25) is 5.02 Å². The predicted molar refractivity (Wildman–Crippen MR) is 186 cm³/mol. The number of rotatable bonds is 10. The van der Waals surface area contributed by atoms with Gasteiger partial charge in [0.2, 0.25) is 5.91 Å². The molecule has 1 saturated heterocycles. The van der Waals surface area contributed by atoms with Crippen molar-refractivity contribution in [3.8, 4) is 17.2 Å². The summed E-state index contributed by atoms with van der Waals surface area (Å²) in [6, 6.07) is 14.7. The number of methoxy groups -OCH3 is 1. The number of hydrogen-bond donors (Lipinski definition) is 3. The quantitative estimate of drug-likeness (QED) is 0.158. The highest BCUT2D eigenvalue weighted by molar-refractivity contribution is 6.32. The molecule has 15 heteroatoms. The van der Waals surface area contributed by atoms with Gasteiger partial charge < -0.3 is 35.2 Å². The predicted octanol–water partition coefficient (Wildman–Crippen LogP) is 5.59. The fraction of sp³-hybridized carbons (Fsp3) is 0.182. The number of ether oxygens (including phenoxy) is 2. The Labute approximate surface area is 280 Å². The molecular weight excluding hydrogens is 634 g/mol. The number of pyridine rings is 1. The van der Waals surface area contributed by atoms with Crippen molar-refractivity contribution in [2.24, 2.45) is 0 Å². The fourth-order valence-corrected chi connectivity index (χ4v) is 5.68. The van der Waals surface area contributed by atoms with Crippen LogP contribution in [0.25, 0.3) is 11.2 Å². The smallest absolute Gasteiger partial charge is 0.247 e. The summed E-state index contributed by atoms with van der Waals surface area (Å²) in [5, 5.41) is 18.6. The molecule has 0 atom stereocenters. The van der Waals surface area contributed by atoms with Crippen molar-refractivity contribution in [1.82, 2.24) is 34.1 Å². The average molecular weight is 666 g/mol. The van der Waals surface area contributed by atoms with E-state index in [1.807, 2.05) is 30.5 Å². The molecule has 0 unspecified atom stereocenters. The Balaban J connectivity index is 1.13. The molecule has 0 aliphatic carbocycles. The molecule has 4 aromatic heterocycles. The minimum atomic E-state index is -0.296. The van der Waals surface area contributed by atoms with Gasteiger partial charge in [0.05, 0.1) is 41.1 Å². The molecule has 0 spiro atoms. The largest absolute Gasteiger partial charge is 0.494 e. The normalized spacial score (nSPS) is 13.4. The Hall–Kier alpha value is -5.86. The number of fused-ring (bicyclic) bond motifs is 2. The van der Waals surface area contributed by atoms with Crippen molar-refractivity contribution in [3.63, 3.8) is 0 Å². The number of carbonyl (C=O) groups is 1. The van der Waals surface area contributed by atoms with Gasteiger partial charge in [0.1, 0.15) is 35.4 Å². The molecule has 2 aromatic carbocycles. The van der Waals surface area contributed by atoms with Gasteiger partial charge in [-0.2, -0.15) is 10.2 Å². The molecule has 0 saturated carbocycles. The third-order valence-corrected chi connectivity index (χ3v) is 8.26. The van der Waals surface area contributed by atoms with E-state index in [2.05, 4.69) is 59.5 Å². The number of likely N-dealkylation sites (N-methyl/N-ethyl adjacent to an activating group) is 1. The summed E-state index contributed by atoms with van der Waals surface area (Å²) in [6.45, 7) is 7.09. The zero-order valence-electron chi connectivity index (χ0n) is 26.2. The lowest BCUT2D eigenvalue weighted by atomic mass is 10.1. The van der Waals surface area contributed by atoms with Crippen LogP contribution < -0.4 is 30.3 Å². The standard InChI is InChI=1S/C33H32ClN11O3/c1-4-32(46)41-25-16-26(30(47-3)17-27(25)43-11-9-42(2)10-12-43)39-22-14-28-33(36-20-38-45(28)18-22)40-21-5-6-29(24(34)13-21)48-23-7-8-44-31(15-23)35-19-37-44/h4-8,13-20,39H,1,9-12H2,2-3H3,(H,41,46)(H,36,38,40). The number of piperazine rings is 1. The summed E-state index contributed by atoms with van der Waals surface area (Å²) in [4.78, 5) is 25.6. The molecule has 1 amide bonds. The van der Waals surface area contributed by atoms with Crippen LogP contribution in [0.5, 0.6) is 17.2 Å². The average Bonchev–Trinajstić information content (AvgIpc) is 3.73. The Morgan fingerprint density at radius 1 is 0.917 bits per heavy atom. The van der Waals surface area contributed by atoms with Crippen molar-refractivity contribution in [2.75, 3.05) is 61.2 Å². The molecule has 3 N–H and O–H groups in total. The Morgan fingerprint density at radius 3 is 2.52 bits per heavy atom. The molecule has 7 rings (SSSR count). The number of hydrogen-bond acceptors (Lipinski definition) is 11. The van der Waals surface area contributed by atoms with Crippen LogP contribution >= 0.6 is 11.6 Å². The van der Waals surface area contributed by atoms with Gasteiger partial charge in [-0.25, -0.2) is 19.0 Å². The zero-order chi connectivity index (χ0) is 33.2. The number of anilines is 6. The first-order valence-electron chi connectivity index (χ1n) is 15.1. The second-order valence-corrected chi connectivity index (χ2v) is 11.6. The first-order chi connectivity index (χ1) is 23.4. The Kier molecular flexibility index (Phi) is 8.40. The number of amides is 1. The maximum absolute atomic E-state index is 12.4. The third kappa shape index (κ3) is 6.38. The fourth-order valence-electron chi connectivity index (χ4n) is 5.46. The lowest BCUT2D eigenvalue weighted by Gasteiger charge is -2.35. The summed E-state index contributed by atoms with van der Waals surface area (Å²) in [6.07, 6.45) is 7.81. The molecule has 5 heterocycles. The first-order valence-corrected chi connectivity index (χ1v) is 15.5. The van der Waals surface area contributed by atoms with Gasteiger partial charge in [0, 0.05) is 50.2 Å². The molecule has 14 nitrogen and oxygen atoms in total. The van der Waals surface area contributed by atoms with Crippen molar-refractivity contribution in [1.29, 1.82) is 0 Å². The highest BCUT2D eigenvalue weighted by Crippen LogP contribution is 2.40. The molecule has 6 aromatic rings. The molecular formula is C33H32ClN11O3.